The van der Waals surface area contributed by atoms with Gasteiger partial charge in [-0.25, -0.2) is 9.37 Å². The molecule has 0 spiro atoms. The van der Waals surface area contributed by atoms with Gasteiger partial charge < -0.3 is 0 Å². The number of unbranched alkanes of at least 4 members (excludes halogenated alkanes) is 2. The summed E-state index contributed by atoms with van der Waals surface area (Å²) in [5.41, 5.74) is 1.03. The van der Waals surface area contributed by atoms with Crippen molar-refractivity contribution in [3.8, 4) is 0 Å². The molecule has 0 bridgehead atoms. The Labute approximate surface area is 106 Å². The molecule has 0 amide bonds. The van der Waals surface area contributed by atoms with Crippen LogP contribution in [0.25, 0.3) is 6.08 Å². The zero-order chi connectivity index (χ0) is 12.6. The molecule has 0 saturated carbocycles. The van der Waals surface area contributed by atoms with Crippen molar-refractivity contribution in [2.75, 3.05) is 0 Å². The summed E-state index contributed by atoms with van der Waals surface area (Å²) in [5.74, 6) is -0.194. The molecule has 1 heterocycles. The van der Waals surface area contributed by atoms with Gasteiger partial charge in [-0.05, 0) is 37.0 Å². The Balaban J connectivity index is 1.64. The number of hydrogen-bond donors (Lipinski definition) is 0. The van der Waals surface area contributed by atoms with Crippen LogP contribution in [0.15, 0.2) is 43.0 Å². The van der Waals surface area contributed by atoms with Crippen LogP contribution >= 0.6 is 0 Å². The number of benzene rings is 1. The molecule has 94 valence electrons. The van der Waals surface area contributed by atoms with Gasteiger partial charge in [0.15, 0.2) is 0 Å². The first kappa shape index (κ1) is 12.5. The van der Waals surface area contributed by atoms with E-state index in [1.54, 1.807) is 24.8 Å². The SMILES string of the molecule is Fc1ccc(/C=C/CCCCn2cncn2)cc1. The highest BCUT2D eigenvalue weighted by Crippen LogP contribution is 2.06. The third-order valence-corrected chi connectivity index (χ3v) is 2.65. The van der Waals surface area contributed by atoms with Crippen LogP contribution < -0.4 is 0 Å². The molecule has 2 rings (SSSR count). The van der Waals surface area contributed by atoms with Crippen LogP contribution in [0.1, 0.15) is 24.8 Å². The van der Waals surface area contributed by atoms with Crippen molar-refractivity contribution in [3.05, 3.63) is 54.4 Å². The minimum atomic E-state index is -0.194. The smallest absolute Gasteiger partial charge is 0.137 e. The molecule has 18 heavy (non-hydrogen) atoms. The van der Waals surface area contributed by atoms with Gasteiger partial charge in [0.1, 0.15) is 18.5 Å². The van der Waals surface area contributed by atoms with Gasteiger partial charge in [-0.3, -0.25) is 4.68 Å². The van der Waals surface area contributed by atoms with Gasteiger partial charge in [-0.1, -0.05) is 24.3 Å². The molecule has 3 nitrogen and oxygen atoms in total. The first-order valence-corrected chi connectivity index (χ1v) is 6.09. The van der Waals surface area contributed by atoms with Gasteiger partial charge >= 0.3 is 0 Å². The summed E-state index contributed by atoms with van der Waals surface area (Å²) in [6, 6.07) is 6.51. The van der Waals surface area contributed by atoms with E-state index in [1.807, 2.05) is 10.8 Å². The van der Waals surface area contributed by atoms with E-state index in [-0.39, 0.29) is 5.82 Å². The van der Waals surface area contributed by atoms with E-state index in [2.05, 4.69) is 16.2 Å². The Bertz CT molecular complexity index is 474. The first-order chi connectivity index (χ1) is 8.84. The maximum atomic E-state index is 12.7. The van der Waals surface area contributed by atoms with Crippen molar-refractivity contribution in [1.82, 2.24) is 14.8 Å². The summed E-state index contributed by atoms with van der Waals surface area (Å²) in [6.07, 6.45) is 10.6. The first-order valence-electron chi connectivity index (χ1n) is 6.09. The Kier molecular flexibility index (Phi) is 4.64. The number of nitrogens with zero attached hydrogens (tertiary/aromatic N) is 3. The van der Waals surface area contributed by atoms with Crippen LogP contribution in [-0.2, 0) is 6.54 Å². The van der Waals surface area contributed by atoms with E-state index in [0.29, 0.717) is 0 Å². The lowest BCUT2D eigenvalue weighted by Crippen LogP contribution is -1.97. The molecule has 2 aromatic rings. The Morgan fingerprint density at radius 1 is 1.17 bits per heavy atom. The summed E-state index contributed by atoms with van der Waals surface area (Å²) in [6.45, 7) is 0.907. The van der Waals surface area contributed by atoms with Crippen LogP contribution in [0.4, 0.5) is 4.39 Å². The van der Waals surface area contributed by atoms with E-state index in [1.165, 1.54) is 12.1 Å². The normalized spacial score (nSPS) is 11.2. The van der Waals surface area contributed by atoms with Gasteiger partial charge in [0, 0.05) is 6.54 Å². The molecule has 0 fully saturated rings. The fraction of sp³-hybridized carbons (Fsp3) is 0.286. The predicted molar refractivity (Wildman–Crippen MR) is 69.3 cm³/mol. The number of hydrogen-bond acceptors (Lipinski definition) is 2. The highest BCUT2D eigenvalue weighted by molar-refractivity contribution is 5.48. The van der Waals surface area contributed by atoms with Crippen LogP contribution in [0.2, 0.25) is 0 Å². The summed E-state index contributed by atoms with van der Waals surface area (Å²) >= 11 is 0. The largest absolute Gasteiger partial charge is 0.253 e. The summed E-state index contributed by atoms with van der Waals surface area (Å²) < 4.78 is 14.5. The second-order valence-corrected chi connectivity index (χ2v) is 4.11. The molecule has 0 N–H and O–H groups in total. The lowest BCUT2D eigenvalue weighted by Gasteiger charge is -1.98. The second kappa shape index (κ2) is 6.69. The van der Waals surface area contributed by atoms with Crippen LogP contribution in [-0.4, -0.2) is 14.8 Å². The summed E-state index contributed by atoms with van der Waals surface area (Å²) in [7, 11) is 0. The van der Waals surface area contributed by atoms with E-state index < -0.39 is 0 Å². The second-order valence-electron chi connectivity index (χ2n) is 4.11. The molecule has 0 aliphatic carbocycles. The monoisotopic (exact) mass is 245 g/mol. The van der Waals surface area contributed by atoms with Crippen molar-refractivity contribution in [2.45, 2.75) is 25.8 Å². The molecule has 1 aromatic carbocycles. The maximum absolute atomic E-state index is 12.7. The minimum absolute atomic E-state index is 0.194. The van der Waals surface area contributed by atoms with E-state index in [0.717, 1.165) is 31.4 Å². The number of halogens is 1. The highest BCUT2D eigenvalue weighted by atomic mass is 19.1. The average molecular weight is 245 g/mol. The quantitative estimate of drug-likeness (QED) is 0.731. The lowest BCUT2D eigenvalue weighted by molar-refractivity contribution is 0.559. The van der Waals surface area contributed by atoms with Crippen LogP contribution in [0, 0.1) is 5.82 Å². The lowest BCUT2D eigenvalue weighted by atomic mass is 10.1. The summed E-state index contributed by atoms with van der Waals surface area (Å²) in [4.78, 5) is 3.89. The molecule has 0 radical (unpaired) electrons. The fourth-order valence-electron chi connectivity index (χ4n) is 1.68. The minimum Gasteiger partial charge on any atom is -0.253 e. The van der Waals surface area contributed by atoms with Gasteiger partial charge in [-0.15, -0.1) is 0 Å². The Hall–Kier alpha value is -1.97. The van der Waals surface area contributed by atoms with Crippen molar-refractivity contribution in [3.63, 3.8) is 0 Å². The molecule has 1 aromatic heterocycles. The van der Waals surface area contributed by atoms with Crippen LogP contribution in [0.5, 0.6) is 0 Å². The maximum Gasteiger partial charge on any atom is 0.137 e. The zero-order valence-electron chi connectivity index (χ0n) is 10.2. The highest BCUT2D eigenvalue weighted by Gasteiger charge is 1.91. The molecule has 0 unspecified atom stereocenters. The molecule has 0 atom stereocenters. The van der Waals surface area contributed by atoms with E-state index in [4.69, 9.17) is 0 Å². The number of aryl methyl sites for hydroxylation is 1. The zero-order valence-corrected chi connectivity index (χ0v) is 10.2. The molecule has 0 saturated heterocycles. The standard InChI is InChI=1S/C14H16FN3/c15-14-8-6-13(7-9-14)5-3-1-2-4-10-18-12-16-11-17-18/h3,5-9,11-12H,1-2,4,10H2/b5-3+. The van der Waals surface area contributed by atoms with Gasteiger partial charge in [-0.2, -0.15) is 5.10 Å². The van der Waals surface area contributed by atoms with Gasteiger partial charge in [0.25, 0.3) is 0 Å². The molecular formula is C14H16FN3. The molecule has 4 heteroatoms. The van der Waals surface area contributed by atoms with Crippen molar-refractivity contribution < 1.29 is 4.39 Å². The van der Waals surface area contributed by atoms with E-state index >= 15 is 0 Å². The van der Waals surface area contributed by atoms with Crippen molar-refractivity contribution in [2.24, 2.45) is 0 Å². The van der Waals surface area contributed by atoms with Crippen molar-refractivity contribution >= 4 is 6.08 Å². The Morgan fingerprint density at radius 3 is 2.72 bits per heavy atom. The van der Waals surface area contributed by atoms with Gasteiger partial charge in [0.2, 0.25) is 0 Å². The topological polar surface area (TPSA) is 30.7 Å². The fourth-order valence-corrected chi connectivity index (χ4v) is 1.68. The Morgan fingerprint density at radius 2 is 2.00 bits per heavy atom. The number of rotatable bonds is 6. The van der Waals surface area contributed by atoms with E-state index in [9.17, 15) is 4.39 Å². The number of allylic oxidation sites excluding steroid dienone is 1. The predicted octanol–water partition coefficient (Wildman–Crippen LogP) is 3.30. The average Bonchev–Trinajstić information content (AvgIpc) is 2.89. The van der Waals surface area contributed by atoms with Crippen molar-refractivity contribution in [1.29, 1.82) is 0 Å². The molecule has 0 aliphatic rings. The summed E-state index contributed by atoms with van der Waals surface area (Å²) in [5, 5.41) is 4.04. The van der Waals surface area contributed by atoms with Gasteiger partial charge in [0.05, 0.1) is 0 Å². The third-order valence-electron chi connectivity index (χ3n) is 2.65. The number of aromatic nitrogens is 3. The van der Waals surface area contributed by atoms with Crippen LogP contribution in [0.3, 0.4) is 0 Å². The molecule has 0 aliphatic heterocycles. The third kappa shape index (κ3) is 4.13. The molecular weight excluding hydrogens is 229 g/mol.